The Kier molecular flexibility index (Phi) is 5.12. The molecule has 0 bridgehead atoms. The number of carbonyl (C=O) groups is 1. The third-order valence-corrected chi connectivity index (χ3v) is 3.37. The molecule has 2 aromatic carbocycles. The lowest BCUT2D eigenvalue weighted by atomic mass is 10.1. The molecule has 128 valence electrons. The van der Waals surface area contributed by atoms with E-state index in [9.17, 15) is 26.7 Å². The monoisotopic (exact) mass is 409 g/mol. The average Bonchev–Trinajstić information content (AvgIpc) is 2.48. The van der Waals surface area contributed by atoms with Crippen molar-refractivity contribution < 1.29 is 31.5 Å². The molecule has 24 heavy (non-hydrogen) atoms. The maximum atomic E-state index is 14.1. The van der Waals surface area contributed by atoms with Gasteiger partial charge >= 0.3 is 12.3 Å². The summed E-state index contributed by atoms with van der Waals surface area (Å²) < 4.78 is 68.4. The first kappa shape index (κ1) is 18.2. The fourth-order valence-electron chi connectivity index (χ4n) is 1.74. The SMILES string of the molecule is O=C(Nc1ccc(OC(F)(F)F)cc1)C(F)(F)c1ccc(Br)cc1. The van der Waals surface area contributed by atoms with Crippen LogP contribution in [0.2, 0.25) is 0 Å². The highest BCUT2D eigenvalue weighted by Crippen LogP contribution is 2.31. The lowest BCUT2D eigenvalue weighted by molar-refractivity contribution is -0.274. The Hall–Kier alpha value is -2.16. The van der Waals surface area contributed by atoms with Crippen molar-refractivity contribution in [3.8, 4) is 5.75 Å². The molecule has 2 rings (SSSR count). The second-order valence-electron chi connectivity index (χ2n) is 4.61. The lowest BCUT2D eigenvalue weighted by Crippen LogP contribution is -2.32. The summed E-state index contributed by atoms with van der Waals surface area (Å²) in [7, 11) is 0. The Labute approximate surface area is 141 Å². The summed E-state index contributed by atoms with van der Waals surface area (Å²) in [5.41, 5.74) is -0.605. The average molecular weight is 410 g/mol. The summed E-state index contributed by atoms with van der Waals surface area (Å²) in [6, 6.07) is 8.75. The highest BCUT2D eigenvalue weighted by molar-refractivity contribution is 9.10. The topological polar surface area (TPSA) is 38.3 Å². The van der Waals surface area contributed by atoms with Crippen LogP contribution in [0.25, 0.3) is 0 Å². The van der Waals surface area contributed by atoms with Gasteiger partial charge in [-0.05, 0) is 36.4 Å². The molecule has 0 atom stereocenters. The molecule has 2 aromatic rings. The standard InChI is InChI=1S/C15H9BrF5NO2/c16-10-3-1-9(2-4-10)14(17,18)13(23)22-11-5-7-12(8-6-11)24-15(19,20)21/h1-8H,(H,22,23). The molecule has 9 heteroatoms. The Morgan fingerprint density at radius 3 is 1.96 bits per heavy atom. The third-order valence-electron chi connectivity index (χ3n) is 2.84. The fourth-order valence-corrected chi connectivity index (χ4v) is 2.00. The van der Waals surface area contributed by atoms with E-state index in [0.29, 0.717) is 4.47 Å². The van der Waals surface area contributed by atoms with Gasteiger partial charge in [-0.15, -0.1) is 13.2 Å². The van der Waals surface area contributed by atoms with Crippen LogP contribution < -0.4 is 10.1 Å². The number of rotatable bonds is 4. The quantitative estimate of drug-likeness (QED) is 0.715. The molecule has 0 aliphatic rings. The van der Waals surface area contributed by atoms with Crippen molar-refractivity contribution in [3.63, 3.8) is 0 Å². The molecule has 0 aliphatic carbocycles. The summed E-state index contributed by atoms with van der Waals surface area (Å²) in [6.45, 7) is 0. The summed E-state index contributed by atoms with van der Waals surface area (Å²) in [4.78, 5) is 11.7. The van der Waals surface area contributed by atoms with Crippen molar-refractivity contribution in [2.45, 2.75) is 12.3 Å². The van der Waals surface area contributed by atoms with Crippen molar-refractivity contribution in [2.24, 2.45) is 0 Å². The second-order valence-corrected chi connectivity index (χ2v) is 5.52. The highest BCUT2D eigenvalue weighted by Gasteiger charge is 2.40. The van der Waals surface area contributed by atoms with Crippen molar-refractivity contribution >= 4 is 27.5 Å². The summed E-state index contributed by atoms with van der Waals surface area (Å²) in [5.74, 6) is -5.93. The predicted molar refractivity (Wildman–Crippen MR) is 79.8 cm³/mol. The minimum Gasteiger partial charge on any atom is -0.406 e. The summed E-state index contributed by atoms with van der Waals surface area (Å²) >= 11 is 3.09. The molecule has 0 heterocycles. The zero-order valence-corrected chi connectivity index (χ0v) is 13.3. The van der Waals surface area contributed by atoms with Crippen molar-refractivity contribution in [3.05, 3.63) is 58.6 Å². The van der Waals surface area contributed by atoms with Gasteiger partial charge in [0.1, 0.15) is 5.75 Å². The molecule has 0 spiro atoms. The first-order valence-corrected chi connectivity index (χ1v) is 7.18. The molecular weight excluding hydrogens is 401 g/mol. The third kappa shape index (κ3) is 4.67. The number of hydrogen-bond donors (Lipinski definition) is 1. The van der Waals surface area contributed by atoms with E-state index >= 15 is 0 Å². The van der Waals surface area contributed by atoms with Gasteiger partial charge in [0.25, 0.3) is 5.91 Å². The number of halogens is 6. The number of ether oxygens (including phenoxy) is 1. The van der Waals surface area contributed by atoms with Gasteiger partial charge in [-0.25, -0.2) is 0 Å². The van der Waals surface area contributed by atoms with E-state index in [1.807, 2.05) is 5.32 Å². The van der Waals surface area contributed by atoms with Crippen LogP contribution in [0.5, 0.6) is 5.75 Å². The maximum absolute atomic E-state index is 14.1. The first-order valence-electron chi connectivity index (χ1n) is 6.39. The molecule has 1 amide bonds. The maximum Gasteiger partial charge on any atom is 0.573 e. The number of alkyl halides is 5. The lowest BCUT2D eigenvalue weighted by Gasteiger charge is -2.16. The van der Waals surface area contributed by atoms with Gasteiger partial charge in [-0.1, -0.05) is 28.1 Å². The number of anilines is 1. The minimum absolute atomic E-state index is 0.0914. The molecule has 1 N–H and O–H groups in total. The van der Waals surface area contributed by atoms with E-state index in [1.165, 1.54) is 12.1 Å². The number of benzene rings is 2. The predicted octanol–water partition coefficient (Wildman–Crippen LogP) is 5.08. The van der Waals surface area contributed by atoms with E-state index < -0.39 is 29.5 Å². The van der Waals surface area contributed by atoms with Gasteiger partial charge in [0.05, 0.1) is 0 Å². The zero-order chi connectivity index (χ0) is 18.0. The molecular formula is C15H9BrF5NO2. The normalized spacial score (nSPS) is 11.9. The Morgan fingerprint density at radius 1 is 0.917 bits per heavy atom. The molecule has 0 saturated carbocycles. The smallest absolute Gasteiger partial charge is 0.406 e. The van der Waals surface area contributed by atoms with Crippen LogP contribution in [0.1, 0.15) is 5.56 Å². The summed E-state index contributed by atoms with van der Waals surface area (Å²) in [5, 5.41) is 1.95. The minimum atomic E-state index is -4.86. The van der Waals surface area contributed by atoms with Gasteiger partial charge in [0, 0.05) is 15.7 Å². The van der Waals surface area contributed by atoms with Gasteiger partial charge < -0.3 is 10.1 Å². The van der Waals surface area contributed by atoms with E-state index in [4.69, 9.17) is 0 Å². The number of carbonyl (C=O) groups excluding carboxylic acids is 1. The van der Waals surface area contributed by atoms with Crippen LogP contribution in [-0.2, 0) is 10.7 Å². The van der Waals surface area contributed by atoms with E-state index in [1.54, 1.807) is 0 Å². The molecule has 0 radical (unpaired) electrons. The van der Waals surface area contributed by atoms with Crippen LogP contribution in [0.3, 0.4) is 0 Å². The molecule has 0 unspecified atom stereocenters. The highest BCUT2D eigenvalue weighted by atomic mass is 79.9. The molecule has 0 aliphatic heterocycles. The van der Waals surface area contributed by atoms with Crippen molar-refractivity contribution in [2.75, 3.05) is 5.32 Å². The number of amides is 1. The van der Waals surface area contributed by atoms with Crippen LogP contribution in [0, 0.1) is 0 Å². The fraction of sp³-hybridized carbons (Fsp3) is 0.133. The molecule has 0 aromatic heterocycles. The molecule has 0 saturated heterocycles. The Bertz CT molecular complexity index is 714. The van der Waals surface area contributed by atoms with Crippen LogP contribution in [0.15, 0.2) is 53.0 Å². The van der Waals surface area contributed by atoms with Crippen molar-refractivity contribution in [1.82, 2.24) is 0 Å². The second kappa shape index (κ2) is 6.76. The zero-order valence-electron chi connectivity index (χ0n) is 11.7. The molecule has 0 fully saturated rings. The van der Waals surface area contributed by atoms with E-state index in [0.717, 1.165) is 36.4 Å². The summed E-state index contributed by atoms with van der Waals surface area (Å²) in [6.07, 6.45) is -4.86. The van der Waals surface area contributed by atoms with E-state index in [2.05, 4.69) is 20.7 Å². The number of hydrogen-bond acceptors (Lipinski definition) is 2. The van der Waals surface area contributed by atoms with Crippen molar-refractivity contribution in [1.29, 1.82) is 0 Å². The number of nitrogens with one attached hydrogen (secondary N) is 1. The molecule has 3 nitrogen and oxygen atoms in total. The first-order chi connectivity index (χ1) is 11.1. The van der Waals surface area contributed by atoms with Gasteiger partial charge in [0.2, 0.25) is 0 Å². The van der Waals surface area contributed by atoms with Gasteiger partial charge in [-0.2, -0.15) is 8.78 Å². The van der Waals surface area contributed by atoms with Gasteiger partial charge in [0.15, 0.2) is 0 Å². The van der Waals surface area contributed by atoms with Crippen LogP contribution in [-0.4, -0.2) is 12.3 Å². The van der Waals surface area contributed by atoms with Crippen LogP contribution in [0.4, 0.5) is 27.6 Å². The Morgan fingerprint density at radius 2 is 1.46 bits per heavy atom. The van der Waals surface area contributed by atoms with Gasteiger partial charge in [-0.3, -0.25) is 4.79 Å². The largest absolute Gasteiger partial charge is 0.573 e. The van der Waals surface area contributed by atoms with Crippen LogP contribution >= 0.6 is 15.9 Å². The van der Waals surface area contributed by atoms with E-state index in [-0.39, 0.29) is 5.69 Å². The Balaban J connectivity index is 2.09.